The van der Waals surface area contributed by atoms with E-state index in [4.69, 9.17) is 16.6 Å². The molecule has 1 amide bonds. The van der Waals surface area contributed by atoms with E-state index in [0.717, 1.165) is 56.0 Å². The molecule has 0 radical (unpaired) electrons. The van der Waals surface area contributed by atoms with Crippen LogP contribution < -0.4 is 4.90 Å². The average Bonchev–Trinajstić information content (AvgIpc) is 3.34. The molecule has 2 aliphatic rings. The minimum absolute atomic E-state index is 0.00702. The number of ketones is 1. The molecule has 5 rings (SSSR count). The summed E-state index contributed by atoms with van der Waals surface area (Å²) in [4.78, 5) is 34.6. The number of para-hydroxylation sites is 1. The molecule has 1 fully saturated rings. The van der Waals surface area contributed by atoms with Crippen molar-refractivity contribution >= 4 is 40.3 Å². The number of halogens is 1. The molecule has 170 valence electrons. The highest BCUT2D eigenvalue weighted by Crippen LogP contribution is 2.32. The molecule has 7 heteroatoms. The summed E-state index contributed by atoms with van der Waals surface area (Å²) in [6.07, 6.45) is 3.86. The molecule has 0 aliphatic carbocycles. The van der Waals surface area contributed by atoms with Gasteiger partial charge in [0.1, 0.15) is 5.69 Å². The number of benzene rings is 2. The summed E-state index contributed by atoms with van der Waals surface area (Å²) in [6.45, 7) is 2.79. The van der Waals surface area contributed by atoms with E-state index in [-0.39, 0.29) is 11.7 Å². The van der Waals surface area contributed by atoms with E-state index in [9.17, 15) is 9.59 Å². The smallest absolute Gasteiger partial charge is 0.277 e. The predicted octanol–water partition coefficient (Wildman–Crippen LogP) is 5.45. The number of Topliss-reactive ketones (excluding diaryl/α,β-unsaturated/α-hetero) is 1. The summed E-state index contributed by atoms with van der Waals surface area (Å²) < 4.78 is 0. The fourth-order valence-corrected chi connectivity index (χ4v) is 5.98. The summed E-state index contributed by atoms with van der Waals surface area (Å²) in [5, 5.41) is 3.44. The summed E-state index contributed by atoms with van der Waals surface area (Å²) in [7, 11) is 0. The first-order valence-electron chi connectivity index (χ1n) is 11.5. The molecule has 1 saturated heterocycles. The second-order valence-corrected chi connectivity index (χ2v) is 10.0. The van der Waals surface area contributed by atoms with Crippen LogP contribution in [0.3, 0.4) is 0 Å². The summed E-state index contributed by atoms with van der Waals surface area (Å²) >= 11 is 7.76. The number of rotatable bonds is 5. The Bertz CT molecular complexity index is 1170. The lowest BCUT2D eigenvalue weighted by atomic mass is 9.97. The molecule has 0 N–H and O–H groups in total. The van der Waals surface area contributed by atoms with Gasteiger partial charge in [-0.2, -0.15) is 0 Å². The molecule has 33 heavy (non-hydrogen) atoms. The topological polar surface area (TPSA) is 53.5 Å². The Hall–Kier alpha value is -2.54. The minimum atomic E-state index is -0.00702. The van der Waals surface area contributed by atoms with Gasteiger partial charge in [0.05, 0.1) is 16.6 Å². The van der Waals surface area contributed by atoms with Crippen LogP contribution in [0.4, 0.5) is 5.69 Å². The van der Waals surface area contributed by atoms with Crippen LogP contribution in [0.2, 0.25) is 5.02 Å². The lowest BCUT2D eigenvalue weighted by Crippen LogP contribution is -2.37. The zero-order valence-electron chi connectivity index (χ0n) is 18.4. The fourth-order valence-electron chi connectivity index (χ4n) is 4.77. The molecule has 0 atom stereocenters. The van der Waals surface area contributed by atoms with Crippen molar-refractivity contribution in [1.29, 1.82) is 0 Å². The van der Waals surface area contributed by atoms with Gasteiger partial charge in [0.2, 0.25) is 0 Å². The maximum absolute atomic E-state index is 13.2. The molecule has 2 aliphatic heterocycles. The van der Waals surface area contributed by atoms with E-state index in [1.807, 2.05) is 40.6 Å². The first-order chi connectivity index (χ1) is 16.1. The van der Waals surface area contributed by atoms with Gasteiger partial charge in [0, 0.05) is 29.1 Å². The molecule has 0 unspecified atom stereocenters. The maximum Gasteiger partial charge on any atom is 0.277 e. The van der Waals surface area contributed by atoms with E-state index < -0.39 is 0 Å². The van der Waals surface area contributed by atoms with Gasteiger partial charge in [-0.1, -0.05) is 41.9 Å². The summed E-state index contributed by atoms with van der Waals surface area (Å²) in [5.74, 6) is 0.382. The number of hydrogen-bond acceptors (Lipinski definition) is 5. The minimum Gasteiger partial charge on any atom is -0.307 e. The Morgan fingerprint density at radius 3 is 2.61 bits per heavy atom. The molecule has 5 nitrogen and oxygen atoms in total. The Morgan fingerprint density at radius 1 is 1.03 bits per heavy atom. The number of fused-ring (bicyclic) bond motifs is 1. The van der Waals surface area contributed by atoms with Crippen LogP contribution >= 0.6 is 22.9 Å². The van der Waals surface area contributed by atoms with Crippen LogP contribution in [0, 0.1) is 0 Å². The number of carbonyl (C=O) groups is 2. The van der Waals surface area contributed by atoms with Crippen LogP contribution in [0.1, 0.15) is 56.6 Å². The lowest BCUT2D eigenvalue weighted by Gasteiger charge is -2.30. The first kappa shape index (κ1) is 22.3. The number of anilines is 1. The third-order valence-electron chi connectivity index (χ3n) is 6.57. The Morgan fingerprint density at radius 2 is 1.79 bits per heavy atom. The number of aromatic nitrogens is 1. The van der Waals surface area contributed by atoms with Crippen molar-refractivity contribution < 1.29 is 9.59 Å². The van der Waals surface area contributed by atoms with E-state index in [0.29, 0.717) is 28.7 Å². The number of thiazole rings is 1. The number of nitrogens with zero attached hydrogens (tertiary/aromatic N) is 3. The number of likely N-dealkylation sites (tertiary alicyclic amines) is 1. The third kappa shape index (κ3) is 4.74. The first-order valence-corrected chi connectivity index (χ1v) is 12.7. The predicted molar refractivity (Wildman–Crippen MR) is 133 cm³/mol. The Balaban J connectivity index is 1.20. The molecule has 0 bridgehead atoms. The molecule has 2 aromatic carbocycles. The second kappa shape index (κ2) is 9.75. The molecule has 1 aromatic heterocycles. The normalized spacial score (nSPS) is 17.1. The molecule has 0 spiro atoms. The zero-order valence-corrected chi connectivity index (χ0v) is 19.9. The second-order valence-electron chi connectivity index (χ2n) is 8.71. The highest BCUT2D eigenvalue weighted by Gasteiger charge is 2.28. The number of amides is 1. The Kier molecular flexibility index (Phi) is 6.58. The van der Waals surface area contributed by atoms with Crippen molar-refractivity contribution in [2.75, 3.05) is 31.1 Å². The van der Waals surface area contributed by atoms with Crippen molar-refractivity contribution in [3.63, 3.8) is 0 Å². The number of aryl methyl sites for hydroxylation is 1. The summed E-state index contributed by atoms with van der Waals surface area (Å²) in [5.41, 5.74) is 3.37. The van der Waals surface area contributed by atoms with Gasteiger partial charge >= 0.3 is 0 Å². The average molecular weight is 480 g/mol. The monoisotopic (exact) mass is 479 g/mol. The van der Waals surface area contributed by atoms with Crippen molar-refractivity contribution in [2.45, 2.75) is 31.6 Å². The zero-order chi connectivity index (χ0) is 22.8. The highest BCUT2D eigenvalue weighted by atomic mass is 35.5. The standard InChI is InChI=1S/C26H26ClN3O2S/c27-21-9-3-2-8-20(21)24(31)16-29-14-11-19(12-15-29)25-28-22(17-33-25)26(32)30-13-5-7-18-6-1-4-10-23(18)30/h1-4,6,8-10,17,19H,5,7,11-16H2. The number of hydrogen-bond donors (Lipinski definition) is 0. The van der Waals surface area contributed by atoms with E-state index in [1.54, 1.807) is 23.5 Å². The van der Waals surface area contributed by atoms with Crippen molar-refractivity contribution in [2.24, 2.45) is 0 Å². The van der Waals surface area contributed by atoms with Crippen LogP contribution in [-0.2, 0) is 6.42 Å². The molecular formula is C26H26ClN3O2S. The number of carbonyl (C=O) groups excluding carboxylic acids is 2. The maximum atomic E-state index is 13.2. The summed E-state index contributed by atoms with van der Waals surface area (Å²) in [6, 6.07) is 15.4. The molecule has 3 aromatic rings. The SMILES string of the molecule is O=C(CN1CCC(c2nc(C(=O)N3CCCc4ccccc43)cs2)CC1)c1ccccc1Cl. The van der Waals surface area contributed by atoms with Gasteiger partial charge in [0.15, 0.2) is 5.78 Å². The van der Waals surface area contributed by atoms with Crippen LogP contribution in [-0.4, -0.2) is 47.8 Å². The highest BCUT2D eigenvalue weighted by molar-refractivity contribution is 7.10. The van der Waals surface area contributed by atoms with Gasteiger partial charge in [-0.25, -0.2) is 4.98 Å². The van der Waals surface area contributed by atoms with Gasteiger partial charge in [0.25, 0.3) is 5.91 Å². The number of piperidine rings is 1. The van der Waals surface area contributed by atoms with Crippen LogP contribution in [0.15, 0.2) is 53.9 Å². The third-order valence-corrected chi connectivity index (χ3v) is 7.91. The van der Waals surface area contributed by atoms with E-state index in [2.05, 4.69) is 11.0 Å². The Labute approximate surface area is 203 Å². The largest absolute Gasteiger partial charge is 0.307 e. The van der Waals surface area contributed by atoms with Gasteiger partial charge in [-0.3, -0.25) is 14.5 Å². The van der Waals surface area contributed by atoms with Crippen molar-refractivity contribution in [1.82, 2.24) is 9.88 Å². The van der Waals surface area contributed by atoms with Gasteiger partial charge < -0.3 is 4.90 Å². The van der Waals surface area contributed by atoms with Crippen LogP contribution in [0.25, 0.3) is 0 Å². The molecule has 0 saturated carbocycles. The van der Waals surface area contributed by atoms with Crippen molar-refractivity contribution in [3.05, 3.63) is 80.8 Å². The lowest BCUT2D eigenvalue weighted by molar-refractivity contribution is 0.0908. The van der Waals surface area contributed by atoms with Gasteiger partial charge in [-0.05, 0) is 62.5 Å². The van der Waals surface area contributed by atoms with Crippen LogP contribution in [0.5, 0.6) is 0 Å². The molecule has 3 heterocycles. The van der Waals surface area contributed by atoms with E-state index in [1.165, 1.54) is 5.56 Å². The fraction of sp³-hybridized carbons (Fsp3) is 0.346. The quantitative estimate of drug-likeness (QED) is 0.456. The van der Waals surface area contributed by atoms with Crippen molar-refractivity contribution in [3.8, 4) is 0 Å². The molecular weight excluding hydrogens is 454 g/mol. The van der Waals surface area contributed by atoms with Gasteiger partial charge in [-0.15, -0.1) is 11.3 Å². The van der Waals surface area contributed by atoms with E-state index >= 15 is 0 Å².